The lowest BCUT2D eigenvalue weighted by Crippen LogP contribution is -2.42. The summed E-state index contributed by atoms with van der Waals surface area (Å²) in [5.74, 6) is -1.66. The third-order valence-electron chi connectivity index (χ3n) is 6.51. The molecule has 36 heavy (non-hydrogen) atoms. The molecule has 2 saturated heterocycles. The smallest absolute Gasteiger partial charge is 0.254 e. The molecular formula is C28H27BrN2O5. The van der Waals surface area contributed by atoms with Crippen LogP contribution in [0.3, 0.4) is 0 Å². The molecule has 3 aromatic rings. The number of ether oxygens (including phenoxy) is 1. The van der Waals surface area contributed by atoms with E-state index < -0.39 is 17.9 Å². The maximum Gasteiger partial charge on any atom is 0.254 e. The highest BCUT2D eigenvalue weighted by Gasteiger charge is 2.54. The number of rotatable bonds is 7. The summed E-state index contributed by atoms with van der Waals surface area (Å²) < 4.78 is 6.49. The van der Waals surface area contributed by atoms with Crippen LogP contribution in [0.15, 0.2) is 83.3 Å². The van der Waals surface area contributed by atoms with Crippen molar-refractivity contribution in [2.75, 3.05) is 11.5 Å². The number of imide groups is 1. The first-order valence-corrected chi connectivity index (χ1v) is 12.8. The molecule has 0 aromatic heterocycles. The quantitative estimate of drug-likeness (QED) is 0.412. The van der Waals surface area contributed by atoms with Gasteiger partial charge in [-0.15, -0.1) is 0 Å². The van der Waals surface area contributed by atoms with Crippen LogP contribution in [0, 0.1) is 0 Å². The van der Waals surface area contributed by atoms with Crippen molar-refractivity contribution >= 4 is 33.4 Å². The first kappa shape index (κ1) is 24.6. The van der Waals surface area contributed by atoms with Crippen LogP contribution in [0.4, 0.5) is 5.69 Å². The lowest BCUT2D eigenvalue weighted by atomic mass is 9.94. The second-order valence-electron chi connectivity index (χ2n) is 9.00. The van der Waals surface area contributed by atoms with Gasteiger partial charge in [-0.3, -0.25) is 14.4 Å². The average molecular weight is 551 g/mol. The Balaban J connectivity index is 1.44. The van der Waals surface area contributed by atoms with Gasteiger partial charge >= 0.3 is 0 Å². The van der Waals surface area contributed by atoms with E-state index >= 15 is 0 Å². The molecule has 5 rings (SSSR count). The summed E-state index contributed by atoms with van der Waals surface area (Å²) in [6.45, 7) is 2.62. The Morgan fingerprint density at radius 1 is 1.00 bits per heavy atom. The molecule has 0 aliphatic carbocycles. The Kier molecular flexibility index (Phi) is 6.94. The van der Waals surface area contributed by atoms with E-state index in [1.165, 1.54) is 9.96 Å². The minimum Gasteiger partial charge on any atom is -0.494 e. The number of hydroxylamine groups is 2. The van der Waals surface area contributed by atoms with Gasteiger partial charge < -0.3 is 9.84 Å². The zero-order valence-corrected chi connectivity index (χ0v) is 21.4. The lowest BCUT2D eigenvalue weighted by molar-refractivity contribution is -0.303. The predicted octanol–water partition coefficient (Wildman–Crippen LogP) is 5.09. The zero-order chi connectivity index (χ0) is 25.3. The van der Waals surface area contributed by atoms with Gasteiger partial charge in [0.25, 0.3) is 5.91 Å². The van der Waals surface area contributed by atoms with E-state index in [1.807, 2.05) is 49.4 Å². The Hall–Kier alpha value is -3.04. The highest BCUT2D eigenvalue weighted by Crippen LogP contribution is 2.47. The van der Waals surface area contributed by atoms with Crippen LogP contribution in [0.5, 0.6) is 5.75 Å². The molecule has 186 valence electrons. The van der Waals surface area contributed by atoms with Crippen LogP contribution in [0.1, 0.15) is 43.4 Å². The SMILES string of the molecule is CCCOc1ccc(N2C(=O)CC(N3OC(O)(c4ccc(Br)cc4)CC3c3ccccc3)C2=O)cc1. The third kappa shape index (κ3) is 4.69. The first-order valence-electron chi connectivity index (χ1n) is 12.0. The molecule has 2 aliphatic heterocycles. The van der Waals surface area contributed by atoms with Crippen LogP contribution < -0.4 is 9.64 Å². The van der Waals surface area contributed by atoms with Crippen LogP contribution in [0.2, 0.25) is 0 Å². The third-order valence-corrected chi connectivity index (χ3v) is 7.04. The molecule has 0 radical (unpaired) electrons. The minimum absolute atomic E-state index is 0.0489. The second kappa shape index (κ2) is 10.1. The zero-order valence-electron chi connectivity index (χ0n) is 19.8. The maximum absolute atomic E-state index is 13.6. The van der Waals surface area contributed by atoms with Crippen molar-refractivity contribution in [1.82, 2.24) is 5.06 Å². The standard InChI is InChI=1S/C28H27BrN2O5/c1-2-16-35-23-14-12-22(13-15-23)30-26(32)17-24(27(30)33)31-25(19-6-4-3-5-7-19)18-28(34,36-31)20-8-10-21(29)11-9-20/h3-15,24-25,34H,2,16-18H2,1H3. The van der Waals surface area contributed by atoms with Crippen LogP contribution in [0.25, 0.3) is 0 Å². The summed E-state index contributed by atoms with van der Waals surface area (Å²) in [5, 5.41) is 13.1. The van der Waals surface area contributed by atoms with Gasteiger partial charge in [-0.25, -0.2) is 4.90 Å². The van der Waals surface area contributed by atoms with Crippen LogP contribution in [-0.2, 0) is 20.2 Å². The fourth-order valence-corrected chi connectivity index (χ4v) is 4.99. The molecule has 0 spiro atoms. The number of hydrogen-bond donors (Lipinski definition) is 1. The molecule has 3 unspecified atom stereocenters. The number of nitrogens with zero attached hydrogens (tertiary/aromatic N) is 2. The van der Waals surface area contributed by atoms with Gasteiger partial charge in [0.05, 0.1) is 24.8 Å². The topological polar surface area (TPSA) is 79.3 Å². The van der Waals surface area contributed by atoms with Gasteiger partial charge in [0.1, 0.15) is 11.8 Å². The number of carbonyl (C=O) groups excluding carboxylic acids is 2. The Morgan fingerprint density at radius 2 is 1.69 bits per heavy atom. The fraction of sp³-hybridized carbons (Fsp3) is 0.286. The Bertz CT molecular complexity index is 1240. The lowest BCUT2D eigenvalue weighted by Gasteiger charge is -2.28. The maximum atomic E-state index is 13.6. The molecular weight excluding hydrogens is 524 g/mol. The summed E-state index contributed by atoms with van der Waals surface area (Å²) in [6.07, 6.45) is 1.05. The molecule has 2 amide bonds. The van der Waals surface area contributed by atoms with Crippen molar-refractivity contribution in [2.45, 2.75) is 44.1 Å². The Labute approximate surface area is 218 Å². The molecule has 2 aliphatic rings. The summed E-state index contributed by atoms with van der Waals surface area (Å²) in [7, 11) is 0. The molecule has 1 N–H and O–H groups in total. The van der Waals surface area contributed by atoms with Gasteiger partial charge in [-0.1, -0.05) is 65.3 Å². The van der Waals surface area contributed by atoms with Gasteiger partial charge in [0, 0.05) is 16.5 Å². The fourth-order valence-electron chi connectivity index (χ4n) is 4.73. The van der Waals surface area contributed by atoms with E-state index in [0.717, 1.165) is 16.5 Å². The van der Waals surface area contributed by atoms with Crippen molar-refractivity contribution in [3.63, 3.8) is 0 Å². The first-order chi connectivity index (χ1) is 17.4. The second-order valence-corrected chi connectivity index (χ2v) is 9.92. The van der Waals surface area contributed by atoms with E-state index in [1.54, 1.807) is 36.4 Å². The highest BCUT2D eigenvalue weighted by molar-refractivity contribution is 9.10. The summed E-state index contributed by atoms with van der Waals surface area (Å²) in [4.78, 5) is 34.0. The average Bonchev–Trinajstić information content (AvgIpc) is 3.40. The van der Waals surface area contributed by atoms with E-state index in [2.05, 4.69) is 15.9 Å². The minimum atomic E-state index is -1.64. The Morgan fingerprint density at radius 3 is 2.36 bits per heavy atom. The van der Waals surface area contributed by atoms with Crippen LogP contribution in [-0.4, -0.2) is 34.6 Å². The van der Waals surface area contributed by atoms with E-state index in [0.29, 0.717) is 23.6 Å². The van der Waals surface area contributed by atoms with Crippen molar-refractivity contribution in [1.29, 1.82) is 0 Å². The van der Waals surface area contributed by atoms with E-state index in [4.69, 9.17) is 9.57 Å². The van der Waals surface area contributed by atoms with Gasteiger partial charge in [0.2, 0.25) is 11.7 Å². The monoisotopic (exact) mass is 550 g/mol. The number of hydrogen-bond acceptors (Lipinski definition) is 6. The van der Waals surface area contributed by atoms with Crippen molar-refractivity contribution in [3.05, 3.63) is 94.5 Å². The molecule has 2 heterocycles. The molecule has 2 fully saturated rings. The number of amides is 2. The van der Waals surface area contributed by atoms with Crippen molar-refractivity contribution in [3.8, 4) is 5.75 Å². The van der Waals surface area contributed by atoms with Crippen molar-refractivity contribution in [2.24, 2.45) is 0 Å². The summed E-state index contributed by atoms with van der Waals surface area (Å²) in [6, 6.07) is 22.4. The van der Waals surface area contributed by atoms with E-state index in [9.17, 15) is 14.7 Å². The predicted molar refractivity (Wildman–Crippen MR) is 138 cm³/mol. The summed E-state index contributed by atoms with van der Waals surface area (Å²) in [5.41, 5.74) is 1.95. The number of halogens is 1. The van der Waals surface area contributed by atoms with Crippen molar-refractivity contribution < 1.29 is 24.3 Å². The summed E-state index contributed by atoms with van der Waals surface area (Å²) >= 11 is 3.42. The highest BCUT2D eigenvalue weighted by atomic mass is 79.9. The molecule has 0 bridgehead atoms. The van der Waals surface area contributed by atoms with Gasteiger partial charge in [-0.05, 0) is 48.4 Å². The van der Waals surface area contributed by atoms with Gasteiger partial charge in [-0.2, -0.15) is 5.06 Å². The molecule has 7 nitrogen and oxygen atoms in total. The van der Waals surface area contributed by atoms with Crippen LogP contribution >= 0.6 is 15.9 Å². The van der Waals surface area contributed by atoms with Gasteiger partial charge in [0.15, 0.2) is 0 Å². The molecule has 8 heteroatoms. The number of carbonyl (C=O) groups is 2. The molecule has 0 saturated carbocycles. The van der Waals surface area contributed by atoms with E-state index in [-0.39, 0.29) is 24.7 Å². The molecule has 3 atom stereocenters. The number of benzene rings is 3. The number of anilines is 1. The normalized spacial score (nSPS) is 24.5. The largest absolute Gasteiger partial charge is 0.494 e. The number of aliphatic hydroxyl groups is 1. The molecule has 3 aromatic carbocycles.